The van der Waals surface area contributed by atoms with Crippen molar-refractivity contribution < 1.29 is 8.78 Å². The molecule has 2 aliphatic heterocycles. The third-order valence-corrected chi connectivity index (χ3v) is 3.17. The Morgan fingerprint density at radius 3 is 2.85 bits per heavy atom. The molecule has 2 saturated heterocycles. The lowest BCUT2D eigenvalue weighted by molar-refractivity contribution is 0.128. The van der Waals surface area contributed by atoms with Gasteiger partial charge in [0.1, 0.15) is 0 Å². The summed E-state index contributed by atoms with van der Waals surface area (Å²) < 4.78 is 23.9. The topological polar surface area (TPSA) is 15.3 Å². The fourth-order valence-electron chi connectivity index (χ4n) is 2.46. The molecule has 2 aliphatic rings. The summed E-state index contributed by atoms with van der Waals surface area (Å²) in [4.78, 5) is 2.42. The lowest BCUT2D eigenvalue weighted by atomic mass is 9.94. The first-order valence-electron chi connectivity index (χ1n) is 4.99. The summed E-state index contributed by atoms with van der Waals surface area (Å²) in [6, 6.07) is 0.341. The van der Waals surface area contributed by atoms with Crippen LogP contribution in [-0.4, -0.2) is 43.5 Å². The molecule has 76 valence electrons. The van der Waals surface area contributed by atoms with Crippen LogP contribution in [0, 0.1) is 5.92 Å². The molecule has 2 bridgehead atoms. The van der Waals surface area contributed by atoms with Crippen LogP contribution in [0.5, 0.6) is 0 Å². The van der Waals surface area contributed by atoms with Crippen LogP contribution in [0.4, 0.5) is 8.78 Å². The van der Waals surface area contributed by atoms with Gasteiger partial charge in [-0.25, -0.2) is 8.78 Å². The van der Waals surface area contributed by atoms with Crippen LogP contribution in [-0.2, 0) is 0 Å². The van der Waals surface area contributed by atoms with E-state index in [0.717, 1.165) is 26.1 Å². The highest BCUT2D eigenvalue weighted by Crippen LogP contribution is 2.26. The maximum atomic E-state index is 12.0. The molecule has 0 aliphatic carbocycles. The minimum absolute atomic E-state index is 0.138. The highest BCUT2D eigenvalue weighted by molar-refractivity contribution is 4.90. The maximum Gasteiger partial charge on any atom is 0.250 e. The smallest absolute Gasteiger partial charge is 0.250 e. The largest absolute Gasteiger partial charge is 0.308 e. The third-order valence-electron chi connectivity index (χ3n) is 3.17. The van der Waals surface area contributed by atoms with E-state index in [1.807, 2.05) is 0 Å². The van der Waals surface area contributed by atoms with Crippen molar-refractivity contribution in [2.75, 3.05) is 26.2 Å². The van der Waals surface area contributed by atoms with E-state index in [4.69, 9.17) is 0 Å². The number of hydrogen-bond donors (Lipinski definition) is 1. The van der Waals surface area contributed by atoms with E-state index in [1.54, 1.807) is 0 Å². The monoisotopic (exact) mass is 190 g/mol. The van der Waals surface area contributed by atoms with Crippen molar-refractivity contribution >= 4 is 0 Å². The third kappa shape index (κ3) is 2.17. The molecule has 0 saturated carbocycles. The second kappa shape index (κ2) is 3.88. The van der Waals surface area contributed by atoms with Crippen molar-refractivity contribution in [3.05, 3.63) is 0 Å². The van der Waals surface area contributed by atoms with Crippen LogP contribution in [0.25, 0.3) is 0 Å². The summed E-state index contributed by atoms with van der Waals surface area (Å²) in [5.74, 6) is 0.618. The average molecular weight is 190 g/mol. The minimum atomic E-state index is -2.21. The van der Waals surface area contributed by atoms with Crippen LogP contribution in [0.3, 0.4) is 0 Å². The van der Waals surface area contributed by atoms with Gasteiger partial charge in [-0.05, 0) is 31.8 Å². The second-order valence-electron chi connectivity index (χ2n) is 4.04. The molecule has 0 amide bonds. The van der Waals surface area contributed by atoms with Crippen molar-refractivity contribution in [1.29, 1.82) is 0 Å². The fourth-order valence-corrected chi connectivity index (χ4v) is 2.46. The zero-order valence-corrected chi connectivity index (χ0v) is 7.68. The average Bonchev–Trinajstić information content (AvgIpc) is 2.47. The van der Waals surface area contributed by atoms with Crippen LogP contribution >= 0.6 is 0 Å². The Bertz CT molecular complexity index is 175. The number of hydrogen-bond acceptors (Lipinski definition) is 2. The van der Waals surface area contributed by atoms with Gasteiger partial charge in [-0.1, -0.05) is 0 Å². The van der Waals surface area contributed by atoms with Gasteiger partial charge >= 0.3 is 0 Å². The molecule has 2 rings (SSSR count). The molecule has 3 unspecified atom stereocenters. The predicted octanol–water partition coefficient (Wildman–Crippen LogP) is 0.935. The number of halogens is 2. The first kappa shape index (κ1) is 9.34. The molecule has 4 heteroatoms. The fraction of sp³-hybridized carbons (Fsp3) is 1.00. The Morgan fingerprint density at radius 2 is 2.08 bits per heavy atom. The first-order chi connectivity index (χ1) is 6.25. The number of fused-ring (bicyclic) bond motifs is 2. The van der Waals surface area contributed by atoms with Crippen LogP contribution in [0.1, 0.15) is 12.8 Å². The molecular formula is C9H16F2N2. The van der Waals surface area contributed by atoms with E-state index < -0.39 is 6.43 Å². The second-order valence-corrected chi connectivity index (χ2v) is 4.04. The first-order valence-corrected chi connectivity index (χ1v) is 4.99. The van der Waals surface area contributed by atoms with Crippen molar-refractivity contribution in [2.45, 2.75) is 25.3 Å². The zero-order valence-electron chi connectivity index (χ0n) is 7.68. The quantitative estimate of drug-likeness (QED) is 0.712. The molecule has 0 aromatic rings. The van der Waals surface area contributed by atoms with E-state index in [9.17, 15) is 8.78 Å². The summed E-state index contributed by atoms with van der Waals surface area (Å²) in [7, 11) is 0. The Labute approximate surface area is 77.3 Å². The lowest BCUT2D eigenvalue weighted by Gasteiger charge is -2.30. The standard InChI is InChI=1S/C9H16F2N2/c10-9(11)5-12-8-2-4-13-3-1-7(8)6-13/h7-9,12H,1-6H2. The van der Waals surface area contributed by atoms with Gasteiger partial charge in [0.25, 0.3) is 6.43 Å². The van der Waals surface area contributed by atoms with Crippen molar-refractivity contribution in [3.8, 4) is 0 Å². The molecule has 3 atom stereocenters. The summed E-state index contributed by atoms with van der Waals surface area (Å²) in [6.07, 6.45) is 0.0117. The van der Waals surface area contributed by atoms with E-state index >= 15 is 0 Å². The van der Waals surface area contributed by atoms with Gasteiger partial charge in [-0.15, -0.1) is 0 Å². The van der Waals surface area contributed by atoms with Gasteiger partial charge in [0.05, 0.1) is 6.54 Å². The Kier molecular flexibility index (Phi) is 2.79. The van der Waals surface area contributed by atoms with E-state index in [0.29, 0.717) is 12.0 Å². The highest BCUT2D eigenvalue weighted by atomic mass is 19.3. The van der Waals surface area contributed by atoms with Gasteiger partial charge in [-0.3, -0.25) is 0 Å². The van der Waals surface area contributed by atoms with Gasteiger partial charge < -0.3 is 10.2 Å². The molecular weight excluding hydrogens is 174 g/mol. The number of nitrogens with zero attached hydrogens (tertiary/aromatic N) is 1. The van der Waals surface area contributed by atoms with Gasteiger partial charge in [0, 0.05) is 12.6 Å². The molecule has 13 heavy (non-hydrogen) atoms. The van der Waals surface area contributed by atoms with Crippen LogP contribution in [0.2, 0.25) is 0 Å². The van der Waals surface area contributed by atoms with Crippen LogP contribution < -0.4 is 5.32 Å². The molecule has 2 nitrogen and oxygen atoms in total. The predicted molar refractivity (Wildman–Crippen MR) is 47.0 cm³/mol. The Morgan fingerprint density at radius 1 is 1.31 bits per heavy atom. The summed E-state index contributed by atoms with van der Waals surface area (Å²) in [5.41, 5.74) is 0. The number of piperidine rings is 1. The molecule has 0 radical (unpaired) electrons. The molecule has 0 spiro atoms. The Balaban J connectivity index is 1.79. The normalized spacial score (nSPS) is 38.5. The van der Waals surface area contributed by atoms with E-state index in [2.05, 4.69) is 10.2 Å². The van der Waals surface area contributed by atoms with Crippen molar-refractivity contribution in [3.63, 3.8) is 0 Å². The van der Waals surface area contributed by atoms with Crippen molar-refractivity contribution in [1.82, 2.24) is 10.2 Å². The van der Waals surface area contributed by atoms with Crippen LogP contribution in [0.15, 0.2) is 0 Å². The van der Waals surface area contributed by atoms with E-state index in [1.165, 1.54) is 6.42 Å². The molecule has 2 heterocycles. The van der Waals surface area contributed by atoms with Gasteiger partial charge in [-0.2, -0.15) is 0 Å². The van der Waals surface area contributed by atoms with Gasteiger partial charge in [0.2, 0.25) is 0 Å². The summed E-state index contributed by atoms with van der Waals surface area (Å²) in [6.45, 7) is 3.22. The molecule has 1 N–H and O–H groups in total. The Hall–Kier alpha value is -0.220. The minimum Gasteiger partial charge on any atom is -0.308 e. The van der Waals surface area contributed by atoms with E-state index in [-0.39, 0.29) is 6.54 Å². The maximum absolute atomic E-state index is 12.0. The lowest BCUT2D eigenvalue weighted by Crippen LogP contribution is -2.45. The SMILES string of the molecule is FC(F)CNC1CCN2CCC1C2. The number of rotatable bonds is 3. The molecule has 0 aromatic carbocycles. The molecule has 2 fully saturated rings. The summed E-state index contributed by atoms with van der Waals surface area (Å²) >= 11 is 0. The summed E-state index contributed by atoms with van der Waals surface area (Å²) in [5, 5.41) is 2.97. The van der Waals surface area contributed by atoms with Gasteiger partial charge in [0.15, 0.2) is 0 Å². The number of nitrogens with one attached hydrogen (secondary N) is 1. The highest BCUT2D eigenvalue weighted by Gasteiger charge is 2.33. The number of alkyl halides is 2. The zero-order chi connectivity index (χ0) is 9.26. The van der Waals surface area contributed by atoms with Crippen molar-refractivity contribution in [2.24, 2.45) is 5.92 Å². The molecule has 0 aromatic heterocycles.